The Kier molecular flexibility index (Phi) is 4.32. The van der Waals surface area contributed by atoms with Gasteiger partial charge in [0.05, 0.1) is 0 Å². The van der Waals surface area contributed by atoms with Crippen molar-refractivity contribution >= 4 is 21.7 Å². The first-order valence-corrected chi connectivity index (χ1v) is 5.60. The summed E-state index contributed by atoms with van der Waals surface area (Å²) in [7, 11) is 0. The van der Waals surface area contributed by atoms with E-state index in [1.54, 1.807) is 6.33 Å². The molecule has 0 amide bonds. The molecule has 78 valence electrons. The lowest BCUT2D eigenvalue weighted by Gasteiger charge is -2.16. The Balaban J connectivity index is 2.45. The largest absolute Gasteiger partial charge is 0.370 e. The van der Waals surface area contributed by atoms with Crippen LogP contribution < -0.4 is 5.32 Å². The fourth-order valence-electron chi connectivity index (χ4n) is 0.932. The van der Waals surface area contributed by atoms with Gasteiger partial charge < -0.3 is 5.32 Å². The Hall–Kier alpha value is -0.640. The standard InChI is InChI=1S/C10H16BrN3/c1-7(2)8(3)5-12-10-4-9(11)13-6-14-10/h4,6-8H,5H2,1-3H3,(H,12,13,14). The Bertz CT molecular complexity index is 288. The maximum atomic E-state index is 4.12. The number of nitrogens with one attached hydrogen (secondary N) is 1. The Morgan fingerprint density at radius 3 is 2.64 bits per heavy atom. The Morgan fingerprint density at radius 2 is 2.07 bits per heavy atom. The van der Waals surface area contributed by atoms with E-state index >= 15 is 0 Å². The molecule has 0 aromatic carbocycles. The zero-order valence-corrected chi connectivity index (χ0v) is 10.4. The van der Waals surface area contributed by atoms with E-state index in [4.69, 9.17) is 0 Å². The normalized spacial score (nSPS) is 12.9. The fraction of sp³-hybridized carbons (Fsp3) is 0.600. The number of aromatic nitrogens is 2. The molecule has 1 rings (SSSR count). The third kappa shape index (κ3) is 3.62. The van der Waals surface area contributed by atoms with Gasteiger partial charge >= 0.3 is 0 Å². The molecule has 0 saturated carbocycles. The number of anilines is 1. The molecule has 0 aliphatic rings. The van der Waals surface area contributed by atoms with Crippen molar-refractivity contribution in [2.75, 3.05) is 11.9 Å². The lowest BCUT2D eigenvalue weighted by Crippen LogP contribution is -2.16. The minimum Gasteiger partial charge on any atom is -0.370 e. The van der Waals surface area contributed by atoms with Crippen molar-refractivity contribution in [2.45, 2.75) is 20.8 Å². The predicted octanol–water partition coefficient (Wildman–Crippen LogP) is 2.94. The molecule has 14 heavy (non-hydrogen) atoms. The van der Waals surface area contributed by atoms with E-state index in [9.17, 15) is 0 Å². The molecule has 1 unspecified atom stereocenters. The zero-order valence-electron chi connectivity index (χ0n) is 8.79. The quantitative estimate of drug-likeness (QED) is 0.844. The lowest BCUT2D eigenvalue weighted by atomic mass is 9.98. The molecule has 1 aromatic heterocycles. The number of rotatable bonds is 4. The molecule has 1 heterocycles. The van der Waals surface area contributed by atoms with E-state index in [0.29, 0.717) is 11.8 Å². The van der Waals surface area contributed by atoms with Crippen LogP contribution in [0.2, 0.25) is 0 Å². The van der Waals surface area contributed by atoms with Crippen LogP contribution >= 0.6 is 15.9 Å². The first-order chi connectivity index (χ1) is 6.59. The fourth-order valence-corrected chi connectivity index (χ4v) is 1.24. The molecular weight excluding hydrogens is 242 g/mol. The van der Waals surface area contributed by atoms with E-state index in [1.807, 2.05) is 6.07 Å². The predicted molar refractivity (Wildman–Crippen MR) is 62.2 cm³/mol. The summed E-state index contributed by atoms with van der Waals surface area (Å²) in [6, 6.07) is 1.88. The van der Waals surface area contributed by atoms with Gasteiger partial charge in [0.1, 0.15) is 16.7 Å². The molecule has 0 radical (unpaired) electrons. The van der Waals surface area contributed by atoms with E-state index in [0.717, 1.165) is 17.0 Å². The Morgan fingerprint density at radius 1 is 1.36 bits per heavy atom. The Labute approximate surface area is 93.5 Å². The molecule has 1 N–H and O–H groups in total. The summed E-state index contributed by atoms with van der Waals surface area (Å²) in [5, 5.41) is 3.29. The molecule has 0 bridgehead atoms. The van der Waals surface area contributed by atoms with Crippen molar-refractivity contribution in [2.24, 2.45) is 11.8 Å². The second-order valence-electron chi connectivity index (χ2n) is 3.83. The first kappa shape index (κ1) is 11.4. The summed E-state index contributed by atoms with van der Waals surface area (Å²) >= 11 is 3.31. The van der Waals surface area contributed by atoms with Crippen LogP contribution in [0.3, 0.4) is 0 Å². The number of nitrogens with zero attached hydrogens (tertiary/aromatic N) is 2. The second-order valence-corrected chi connectivity index (χ2v) is 4.64. The summed E-state index contributed by atoms with van der Waals surface area (Å²) in [5.41, 5.74) is 0. The average molecular weight is 258 g/mol. The van der Waals surface area contributed by atoms with Crippen molar-refractivity contribution in [1.29, 1.82) is 0 Å². The number of halogens is 1. The third-order valence-electron chi connectivity index (χ3n) is 2.38. The van der Waals surface area contributed by atoms with Gasteiger partial charge in [-0.25, -0.2) is 9.97 Å². The molecule has 0 aliphatic heterocycles. The maximum Gasteiger partial charge on any atom is 0.130 e. The van der Waals surface area contributed by atoms with Gasteiger partial charge in [-0.1, -0.05) is 20.8 Å². The number of hydrogen-bond acceptors (Lipinski definition) is 3. The van der Waals surface area contributed by atoms with E-state index < -0.39 is 0 Å². The van der Waals surface area contributed by atoms with Crippen molar-refractivity contribution in [1.82, 2.24) is 9.97 Å². The van der Waals surface area contributed by atoms with Crippen molar-refractivity contribution in [3.8, 4) is 0 Å². The SMILES string of the molecule is CC(C)C(C)CNc1cc(Br)ncn1. The molecule has 0 spiro atoms. The number of hydrogen-bond donors (Lipinski definition) is 1. The highest BCUT2D eigenvalue weighted by Crippen LogP contribution is 2.13. The zero-order chi connectivity index (χ0) is 10.6. The molecule has 1 atom stereocenters. The first-order valence-electron chi connectivity index (χ1n) is 4.81. The van der Waals surface area contributed by atoms with Gasteiger partial charge in [-0.2, -0.15) is 0 Å². The van der Waals surface area contributed by atoms with Crippen molar-refractivity contribution in [3.63, 3.8) is 0 Å². The topological polar surface area (TPSA) is 37.8 Å². The highest BCUT2D eigenvalue weighted by Gasteiger charge is 2.06. The third-order valence-corrected chi connectivity index (χ3v) is 2.81. The van der Waals surface area contributed by atoms with Crippen molar-refractivity contribution in [3.05, 3.63) is 17.0 Å². The van der Waals surface area contributed by atoms with Crippen LogP contribution in [0, 0.1) is 11.8 Å². The van der Waals surface area contributed by atoms with E-state index in [1.165, 1.54) is 0 Å². The lowest BCUT2D eigenvalue weighted by molar-refractivity contribution is 0.439. The van der Waals surface area contributed by atoms with Gasteiger partial charge in [0.25, 0.3) is 0 Å². The molecular formula is C10H16BrN3. The van der Waals surface area contributed by atoms with E-state index in [-0.39, 0.29) is 0 Å². The van der Waals surface area contributed by atoms with Gasteiger partial charge in [0.2, 0.25) is 0 Å². The molecule has 0 aliphatic carbocycles. The minimum absolute atomic E-state index is 0.642. The highest BCUT2D eigenvalue weighted by molar-refractivity contribution is 9.10. The van der Waals surface area contributed by atoms with Crippen LogP contribution in [-0.2, 0) is 0 Å². The van der Waals surface area contributed by atoms with Crippen LogP contribution in [-0.4, -0.2) is 16.5 Å². The van der Waals surface area contributed by atoms with Gasteiger partial charge in [0, 0.05) is 12.6 Å². The minimum atomic E-state index is 0.642. The van der Waals surface area contributed by atoms with Crippen LogP contribution in [0.15, 0.2) is 17.0 Å². The molecule has 0 saturated heterocycles. The maximum absolute atomic E-state index is 4.12. The summed E-state index contributed by atoms with van der Waals surface area (Å²) in [6.45, 7) is 7.62. The summed E-state index contributed by atoms with van der Waals surface area (Å²) in [5.74, 6) is 2.20. The monoisotopic (exact) mass is 257 g/mol. The average Bonchev–Trinajstić information content (AvgIpc) is 2.14. The van der Waals surface area contributed by atoms with Crippen LogP contribution in [0.25, 0.3) is 0 Å². The summed E-state index contributed by atoms with van der Waals surface area (Å²) in [4.78, 5) is 8.09. The molecule has 1 aromatic rings. The van der Waals surface area contributed by atoms with Gasteiger partial charge in [-0.05, 0) is 27.8 Å². The van der Waals surface area contributed by atoms with Crippen LogP contribution in [0.4, 0.5) is 5.82 Å². The summed E-state index contributed by atoms with van der Waals surface area (Å²) in [6.07, 6.45) is 1.55. The molecule has 0 fully saturated rings. The van der Waals surface area contributed by atoms with Gasteiger partial charge in [-0.15, -0.1) is 0 Å². The summed E-state index contributed by atoms with van der Waals surface area (Å²) < 4.78 is 0.812. The molecule has 4 heteroatoms. The molecule has 3 nitrogen and oxygen atoms in total. The smallest absolute Gasteiger partial charge is 0.130 e. The van der Waals surface area contributed by atoms with E-state index in [2.05, 4.69) is 52.0 Å². The van der Waals surface area contributed by atoms with Crippen LogP contribution in [0.5, 0.6) is 0 Å². The van der Waals surface area contributed by atoms with Crippen molar-refractivity contribution < 1.29 is 0 Å². The van der Waals surface area contributed by atoms with Crippen LogP contribution in [0.1, 0.15) is 20.8 Å². The van der Waals surface area contributed by atoms with Gasteiger partial charge in [0.15, 0.2) is 0 Å². The van der Waals surface area contributed by atoms with Gasteiger partial charge in [-0.3, -0.25) is 0 Å². The second kappa shape index (κ2) is 5.29. The highest BCUT2D eigenvalue weighted by atomic mass is 79.9.